The zero-order chi connectivity index (χ0) is 11.3. The monoisotopic (exact) mass is 206 g/mol. The third kappa shape index (κ3) is 2.72. The molecule has 0 aliphatic rings. The van der Waals surface area contributed by atoms with E-state index < -0.39 is 0 Å². The fourth-order valence-electron chi connectivity index (χ4n) is 1.77. The van der Waals surface area contributed by atoms with Crippen molar-refractivity contribution in [3.63, 3.8) is 0 Å². The fourth-order valence-corrected chi connectivity index (χ4v) is 1.77. The van der Waals surface area contributed by atoms with Gasteiger partial charge in [0.15, 0.2) is 0 Å². The first-order valence-corrected chi connectivity index (χ1v) is 5.15. The predicted octanol–water partition coefficient (Wildman–Crippen LogP) is 2.21. The molecule has 0 amide bonds. The topological polar surface area (TPSA) is 41.1 Å². The van der Waals surface area contributed by atoms with Crippen molar-refractivity contribution in [2.75, 3.05) is 24.7 Å². The average Bonchev–Trinajstić information content (AvgIpc) is 2.25. The van der Waals surface area contributed by atoms with Crippen LogP contribution in [0.4, 0.5) is 11.4 Å². The molecule has 0 aliphatic heterocycles. The van der Waals surface area contributed by atoms with Gasteiger partial charge in [0.05, 0.1) is 0 Å². The van der Waals surface area contributed by atoms with Crippen LogP contribution in [0.15, 0.2) is 12.1 Å². The molecule has 3 nitrogen and oxygen atoms in total. The van der Waals surface area contributed by atoms with E-state index in [9.17, 15) is 4.79 Å². The van der Waals surface area contributed by atoms with Crippen LogP contribution in [-0.2, 0) is 11.2 Å². The molecule has 1 aromatic carbocycles. The number of aryl methyl sites for hydroxylation is 2. The van der Waals surface area contributed by atoms with Crippen LogP contribution >= 0.6 is 0 Å². The van der Waals surface area contributed by atoms with Gasteiger partial charge in [-0.25, -0.2) is 0 Å². The summed E-state index contributed by atoms with van der Waals surface area (Å²) in [5, 5.41) is 6.30. The summed E-state index contributed by atoms with van der Waals surface area (Å²) in [6, 6.07) is 4.18. The highest BCUT2D eigenvalue weighted by Crippen LogP contribution is 2.25. The number of hydrogen-bond acceptors (Lipinski definition) is 3. The maximum atomic E-state index is 10.4. The van der Waals surface area contributed by atoms with Gasteiger partial charge in [0.1, 0.15) is 6.29 Å². The maximum Gasteiger partial charge on any atom is 0.120 e. The largest absolute Gasteiger partial charge is 0.388 e. The Balaban J connectivity index is 3.07. The van der Waals surface area contributed by atoms with Gasteiger partial charge in [0, 0.05) is 31.9 Å². The van der Waals surface area contributed by atoms with Crippen LogP contribution in [0.1, 0.15) is 17.5 Å². The van der Waals surface area contributed by atoms with E-state index in [0.717, 1.165) is 24.1 Å². The van der Waals surface area contributed by atoms with Gasteiger partial charge in [-0.3, -0.25) is 0 Å². The molecular weight excluding hydrogens is 188 g/mol. The molecule has 3 heteroatoms. The van der Waals surface area contributed by atoms with E-state index in [1.54, 1.807) is 0 Å². The van der Waals surface area contributed by atoms with E-state index in [1.807, 2.05) is 14.1 Å². The van der Waals surface area contributed by atoms with E-state index in [2.05, 4.69) is 29.7 Å². The number of benzene rings is 1. The number of aldehydes is 1. The van der Waals surface area contributed by atoms with Crippen molar-refractivity contribution < 1.29 is 4.79 Å². The molecular formula is C12H18N2O. The van der Waals surface area contributed by atoms with Crippen molar-refractivity contribution in [2.45, 2.75) is 19.8 Å². The van der Waals surface area contributed by atoms with Gasteiger partial charge in [-0.05, 0) is 36.6 Å². The molecule has 0 bridgehead atoms. The van der Waals surface area contributed by atoms with Crippen LogP contribution in [0.5, 0.6) is 0 Å². The maximum absolute atomic E-state index is 10.4. The lowest BCUT2D eigenvalue weighted by Gasteiger charge is -2.14. The minimum atomic E-state index is 0.571. The summed E-state index contributed by atoms with van der Waals surface area (Å²) >= 11 is 0. The van der Waals surface area contributed by atoms with Crippen molar-refractivity contribution in [2.24, 2.45) is 0 Å². The van der Waals surface area contributed by atoms with Crippen LogP contribution in [0.25, 0.3) is 0 Å². The van der Waals surface area contributed by atoms with Gasteiger partial charge >= 0.3 is 0 Å². The summed E-state index contributed by atoms with van der Waals surface area (Å²) in [5.74, 6) is 0. The molecule has 0 fully saturated rings. The normalized spacial score (nSPS) is 9.80. The van der Waals surface area contributed by atoms with Crippen molar-refractivity contribution in [3.05, 3.63) is 23.3 Å². The summed E-state index contributed by atoms with van der Waals surface area (Å²) in [4.78, 5) is 10.4. The van der Waals surface area contributed by atoms with Crippen molar-refractivity contribution in [3.8, 4) is 0 Å². The smallest absolute Gasteiger partial charge is 0.120 e. The Morgan fingerprint density at radius 3 is 2.53 bits per heavy atom. The van der Waals surface area contributed by atoms with Crippen LogP contribution < -0.4 is 10.6 Å². The Hall–Kier alpha value is -1.51. The predicted molar refractivity (Wildman–Crippen MR) is 64.7 cm³/mol. The lowest BCUT2D eigenvalue weighted by Crippen LogP contribution is -2.01. The molecule has 0 aromatic heterocycles. The quantitative estimate of drug-likeness (QED) is 0.726. The van der Waals surface area contributed by atoms with Gasteiger partial charge in [0.25, 0.3) is 0 Å². The number of nitrogens with one attached hydrogen (secondary N) is 2. The summed E-state index contributed by atoms with van der Waals surface area (Å²) < 4.78 is 0. The SMILES string of the molecule is CNc1cc(C)c(NC)c(CCC=O)c1. The number of carbonyl (C=O) groups excluding carboxylic acids is 1. The first-order chi connectivity index (χ1) is 7.22. The molecule has 82 valence electrons. The van der Waals surface area contributed by atoms with E-state index in [-0.39, 0.29) is 0 Å². The standard InChI is InChI=1S/C12H18N2O/c1-9-7-11(13-2)8-10(5-4-6-15)12(9)14-3/h6-8,13-14H,4-5H2,1-3H3. The molecule has 0 radical (unpaired) electrons. The molecule has 0 saturated heterocycles. The molecule has 0 atom stereocenters. The molecule has 0 unspecified atom stereocenters. The minimum absolute atomic E-state index is 0.571. The number of rotatable bonds is 5. The molecule has 0 spiro atoms. The highest BCUT2D eigenvalue weighted by molar-refractivity contribution is 5.65. The molecule has 1 aromatic rings. The average molecular weight is 206 g/mol. The van der Waals surface area contributed by atoms with Crippen molar-refractivity contribution in [1.82, 2.24) is 0 Å². The first-order valence-electron chi connectivity index (χ1n) is 5.15. The lowest BCUT2D eigenvalue weighted by molar-refractivity contribution is -0.107. The summed E-state index contributed by atoms with van der Waals surface area (Å²) in [7, 11) is 3.81. The Morgan fingerprint density at radius 2 is 2.00 bits per heavy atom. The fraction of sp³-hybridized carbons (Fsp3) is 0.417. The second-order valence-corrected chi connectivity index (χ2v) is 3.53. The third-order valence-corrected chi connectivity index (χ3v) is 2.49. The van der Waals surface area contributed by atoms with Crippen molar-refractivity contribution >= 4 is 17.7 Å². The Kier molecular flexibility index (Phi) is 4.16. The number of carbonyl (C=O) groups is 1. The van der Waals surface area contributed by atoms with Crippen LogP contribution in [-0.4, -0.2) is 20.4 Å². The van der Waals surface area contributed by atoms with Gasteiger partial charge in [-0.2, -0.15) is 0 Å². The van der Waals surface area contributed by atoms with E-state index in [0.29, 0.717) is 6.42 Å². The highest BCUT2D eigenvalue weighted by atomic mass is 16.1. The van der Waals surface area contributed by atoms with Crippen LogP contribution in [0.2, 0.25) is 0 Å². The van der Waals surface area contributed by atoms with Crippen LogP contribution in [0, 0.1) is 6.92 Å². The minimum Gasteiger partial charge on any atom is -0.388 e. The van der Waals surface area contributed by atoms with Gasteiger partial charge in [-0.15, -0.1) is 0 Å². The Labute approximate surface area is 90.9 Å². The van der Waals surface area contributed by atoms with Gasteiger partial charge in [-0.1, -0.05) is 0 Å². The summed E-state index contributed by atoms with van der Waals surface area (Å²) in [6.45, 7) is 2.07. The second-order valence-electron chi connectivity index (χ2n) is 3.53. The van der Waals surface area contributed by atoms with Crippen molar-refractivity contribution in [1.29, 1.82) is 0 Å². The van der Waals surface area contributed by atoms with E-state index >= 15 is 0 Å². The molecule has 0 saturated carbocycles. The van der Waals surface area contributed by atoms with E-state index in [4.69, 9.17) is 0 Å². The van der Waals surface area contributed by atoms with E-state index in [1.165, 1.54) is 11.1 Å². The third-order valence-electron chi connectivity index (χ3n) is 2.49. The lowest BCUT2D eigenvalue weighted by atomic mass is 10.0. The zero-order valence-electron chi connectivity index (χ0n) is 9.55. The molecule has 0 aliphatic carbocycles. The number of hydrogen-bond donors (Lipinski definition) is 2. The zero-order valence-corrected chi connectivity index (χ0v) is 9.55. The molecule has 1 rings (SSSR count). The second kappa shape index (κ2) is 5.39. The first kappa shape index (κ1) is 11.6. The highest BCUT2D eigenvalue weighted by Gasteiger charge is 2.05. The molecule has 2 N–H and O–H groups in total. The Bertz CT molecular complexity index is 348. The Morgan fingerprint density at radius 1 is 1.27 bits per heavy atom. The number of anilines is 2. The van der Waals surface area contributed by atoms with Crippen LogP contribution in [0.3, 0.4) is 0 Å². The van der Waals surface area contributed by atoms with Gasteiger partial charge < -0.3 is 15.4 Å². The van der Waals surface area contributed by atoms with Gasteiger partial charge in [0.2, 0.25) is 0 Å². The molecule has 0 heterocycles. The summed E-state index contributed by atoms with van der Waals surface area (Å²) in [5.41, 5.74) is 4.61. The summed E-state index contributed by atoms with van der Waals surface area (Å²) in [6.07, 6.45) is 2.32. The molecule has 15 heavy (non-hydrogen) atoms.